The van der Waals surface area contributed by atoms with E-state index in [2.05, 4.69) is 43.0 Å². The highest BCUT2D eigenvalue weighted by Gasteiger charge is 2.21. The molecule has 32 heavy (non-hydrogen) atoms. The van der Waals surface area contributed by atoms with Gasteiger partial charge in [0, 0.05) is 86.4 Å². The Labute approximate surface area is 194 Å². The second-order valence-electron chi connectivity index (χ2n) is 8.64. The maximum atomic E-state index is 6.10. The van der Waals surface area contributed by atoms with Crippen LogP contribution in [-0.2, 0) is 0 Å². The van der Waals surface area contributed by atoms with E-state index in [-0.39, 0.29) is 0 Å². The first-order valence-corrected chi connectivity index (χ1v) is 11.9. The van der Waals surface area contributed by atoms with Crippen molar-refractivity contribution in [3.05, 3.63) is 47.2 Å². The minimum atomic E-state index is 0.714. The Kier molecular flexibility index (Phi) is 6.28. The predicted octanol–water partition coefficient (Wildman–Crippen LogP) is 3.82. The van der Waals surface area contributed by atoms with Crippen LogP contribution in [0.3, 0.4) is 0 Å². The van der Waals surface area contributed by atoms with Gasteiger partial charge in [0.25, 0.3) is 0 Å². The van der Waals surface area contributed by atoms with E-state index in [1.54, 1.807) is 0 Å². The Bertz CT molecular complexity index is 1080. The third-order valence-corrected chi connectivity index (χ3v) is 6.60. The monoisotopic (exact) mass is 451 g/mol. The molecule has 2 aromatic heterocycles. The lowest BCUT2D eigenvalue weighted by molar-refractivity contribution is 0.266. The van der Waals surface area contributed by atoms with Gasteiger partial charge in [0.05, 0.1) is 5.52 Å². The first-order chi connectivity index (χ1) is 15.7. The van der Waals surface area contributed by atoms with Crippen LogP contribution in [0, 0.1) is 6.92 Å². The van der Waals surface area contributed by atoms with Gasteiger partial charge in [-0.1, -0.05) is 11.6 Å². The number of benzene rings is 1. The zero-order chi connectivity index (χ0) is 21.9. The Hall–Kier alpha value is -2.64. The molecule has 0 bridgehead atoms. The zero-order valence-corrected chi connectivity index (χ0v) is 19.4. The van der Waals surface area contributed by atoms with Gasteiger partial charge in [0.2, 0.25) is 5.95 Å². The van der Waals surface area contributed by atoms with E-state index in [0.29, 0.717) is 5.02 Å². The number of rotatable bonds is 6. The van der Waals surface area contributed by atoms with Gasteiger partial charge in [0.15, 0.2) is 0 Å². The molecule has 0 unspecified atom stereocenters. The second kappa shape index (κ2) is 9.46. The summed E-state index contributed by atoms with van der Waals surface area (Å²) in [6.45, 7) is 10.2. The summed E-state index contributed by atoms with van der Waals surface area (Å²) in [5.74, 6) is 1.97. The minimum absolute atomic E-state index is 0.714. The minimum Gasteiger partial charge on any atom is -0.383 e. The number of nitrogens with one attached hydrogen (secondary N) is 1. The van der Waals surface area contributed by atoms with E-state index in [1.165, 1.54) is 12.8 Å². The highest BCUT2D eigenvalue weighted by atomic mass is 35.5. The summed E-state index contributed by atoms with van der Waals surface area (Å²) in [5, 5.41) is 5.40. The topological polar surface area (TPSA) is 60.4 Å². The molecule has 8 heteroatoms. The van der Waals surface area contributed by atoms with Crippen LogP contribution in [-0.4, -0.2) is 72.2 Å². The van der Waals surface area contributed by atoms with Gasteiger partial charge in [-0.2, -0.15) is 4.98 Å². The number of hydrogen-bond donors (Lipinski definition) is 1. The largest absolute Gasteiger partial charge is 0.383 e. The molecular weight excluding hydrogens is 422 g/mol. The summed E-state index contributed by atoms with van der Waals surface area (Å²) >= 11 is 6.10. The highest BCUT2D eigenvalue weighted by Crippen LogP contribution is 2.25. The average molecular weight is 452 g/mol. The van der Waals surface area contributed by atoms with Gasteiger partial charge < -0.3 is 15.1 Å². The standard InChI is InChI=1S/C24H30ClN7/c1-18-16-23(29-24(28-18)32-9-2-3-10-32)31-14-12-30(13-15-31)11-8-27-21-6-7-26-22-17-19(25)4-5-20(21)22/h4-7,16-17H,2-3,8-15H2,1H3,(H,26,27). The van der Waals surface area contributed by atoms with Gasteiger partial charge >= 0.3 is 0 Å². The smallest absolute Gasteiger partial charge is 0.227 e. The Morgan fingerprint density at radius 3 is 2.56 bits per heavy atom. The summed E-state index contributed by atoms with van der Waals surface area (Å²) in [7, 11) is 0. The molecule has 0 aliphatic carbocycles. The number of aryl methyl sites for hydroxylation is 1. The van der Waals surface area contributed by atoms with Gasteiger partial charge in [-0.15, -0.1) is 0 Å². The third kappa shape index (κ3) is 4.74. The van der Waals surface area contributed by atoms with Crippen molar-refractivity contribution < 1.29 is 0 Å². The lowest BCUT2D eigenvalue weighted by Gasteiger charge is -2.35. The van der Waals surface area contributed by atoms with Gasteiger partial charge in [-0.25, -0.2) is 4.98 Å². The molecule has 0 saturated carbocycles. The molecule has 2 aliphatic heterocycles. The SMILES string of the molecule is Cc1cc(N2CCN(CCNc3ccnc4cc(Cl)ccc34)CC2)nc(N2CCCC2)n1. The molecule has 2 saturated heterocycles. The lowest BCUT2D eigenvalue weighted by atomic mass is 10.2. The number of pyridine rings is 1. The molecule has 1 aromatic carbocycles. The molecule has 3 aromatic rings. The van der Waals surface area contributed by atoms with Crippen molar-refractivity contribution in [3.63, 3.8) is 0 Å². The summed E-state index contributed by atoms with van der Waals surface area (Å²) in [6, 6.07) is 10.0. The van der Waals surface area contributed by atoms with Crippen LogP contribution in [0.2, 0.25) is 5.02 Å². The number of hydrogen-bond acceptors (Lipinski definition) is 7. The maximum absolute atomic E-state index is 6.10. The van der Waals surface area contributed by atoms with Crippen molar-refractivity contribution in [3.8, 4) is 0 Å². The summed E-state index contributed by atoms with van der Waals surface area (Å²) in [4.78, 5) is 21.2. The quantitative estimate of drug-likeness (QED) is 0.611. The Morgan fingerprint density at radius 1 is 0.938 bits per heavy atom. The fourth-order valence-corrected chi connectivity index (χ4v) is 4.75. The van der Waals surface area contributed by atoms with Gasteiger partial charge in [-0.3, -0.25) is 9.88 Å². The number of anilines is 3. The van der Waals surface area contributed by atoms with Gasteiger partial charge in [-0.05, 0) is 44.0 Å². The number of aromatic nitrogens is 3. The molecule has 5 rings (SSSR count). The van der Waals surface area contributed by atoms with Crippen molar-refractivity contribution in [1.82, 2.24) is 19.9 Å². The number of piperazine rings is 1. The molecule has 0 spiro atoms. The van der Waals surface area contributed by atoms with Crippen LogP contribution in [0.25, 0.3) is 10.9 Å². The van der Waals surface area contributed by atoms with E-state index in [4.69, 9.17) is 16.6 Å². The Balaban J connectivity index is 1.15. The lowest BCUT2D eigenvalue weighted by Crippen LogP contribution is -2.48. The third-order valence-electron chi connectivity index (χ3n) is 6.36. The van der Waals surface area contributed by atoms with Crippen molar-refractivity contribution in [2.24, 2.45) is 0 Å². The van der Waals surface area contributed by atoms with Crippen molar-refractivity contribution in [1.29, 1.82) is 0 Å². The van der Waals surface area contributed by atoms with Crippen LogP contribution >= 0.6 is 11.6 Å². The van der Waals surface area contributed by atoms with E-state index in [0.717, 1.165) is 86.4 Å². The fraction of sp³-hybridized carbons (Fsp3) is 0.458. The summed E-state index contributed by atoms with van der Waals surface area (Å²) in [5.41, 5.74) is 3.08. The van der Waals surface area contributed by atoms with Crippen LogP contribution in [0.5, 0.6) is 0 Å². The fourth-order valence-electron chi connectivity index (χ4n) is 4.58. The zero-order valence-electron chi connectivity index (χ0n) is 18.6. The van der Waals surface area contributed by atoms with E-state index < -0.39 is 0 Å². The van der Waals surface area contributed by atoms with Gasteiger partial charge in [0.1, 0.15) is 5.82 Å². The van der Waals surface area contributed by atoms with Crippen molar-refractivity contribution in [2.75, 3.05) is 67.5 Å². The molecular formula is C24H30ClN7. The molecule has 1 N–H and O–H groups in total. The van der Waals surface area contributed by atoms with Crippen molar-refractivity contribution >= 4 is 40.0 Å². The number of halogens is 1. The van der Waals surface area contributed by atoms with E-state index in [1.807, 2.05) is 30.5 Å². The average Bonchev–Trinajstić information content (AvgIpc) is 3.34. The predicted molar refractivity (Wildman–Crippen MR) is 132 cm³/mol. The summed E-state index contributed by atoms with van der Waals surface area (Å²) < 4.78 is 0. The van der Waals surface area contributed by atoms with Crippen LogP contribution in [0.4, 0.5) is 17.5 Å². The molecule has 4 heterocycles. The first-order valence-electron chi connectivity index (χ1n) is 11.5. The normalized spacial score (nSPS) is 17.3. The number of nitrogens with zero attached hydrogens (tertiary/aromatic N) is 6. The Morgan fingerprint density at radius 2 is 1.75 bits per heavy atom. The van der Waals surface area contributed by atoms with Crippen LogP contribution in [0.15, 0.2) is 36.5 Å². The molecule has 0 atom stereocenters. The molecule has 2 fully saturated rings. The molecule has 2 aliphatic rings. The summed E-state index contributed by atoms with van der Waals surface area (Å²) in [6.07, 6.45) is 4.31. The molecule has 0 amide bonds. The first kappa shape index (κ1) is 21.2. The molecule has 0 radical (unpaired) electrons. The van der Waals surface area contributed by atoms with E-state index in [9.17, 15) is 0 Å². The maximum Gasteiger partial charge on any atom is 0.227 e. The molecule has 7 nitrogen and oxygen atoms in total. The number of fused-ring (bicyclic) bond motifs is 1. The molecule has 168 valence electrons. The van der Waals surface area contributed by atoms with Crippen LogP contribution in [0.1, 0.15) is 18.5 Å². The highest BCUT2D eigenvalue weighted by molar-refractivity contribution is 6.31. The second-order valence-corrected chi connectivity index (χ2v) is 9.07. The van der Waals surface area contributed by atoms with Crippen LogP contribution < -0.4 is 15.1 Å². The van der Waals surface area contributed by atoms with Crippen molar-refractivity contribution in [2.45, 2.75) is 19.8 Å². The van der Waals surface area contributed by atoms with E-state index >= 15 is 0 Å².